The Hall–Kier alpha value is -3.17. The molecule has 170 valence electrons. The fourth-order valence-electron chi connectivity index (χ4n) is 3.81. The molecule has 0 radical (unpaired) electrons. The first-order chi connectivity index (χ1) is 15.7. The van der Waals surface area contributed by atoms with Crippen molar-refractivity contribution in [3.05, 3.63) is 47.8 Å². The highest BCUT2D eigenvalue weighted by Gasteiger charge is 2.18. The molecule has 1 fully saturated rings. The van der Waals surface area contributed by atoms with Gasteiger partial charge in [0.2, 0.25) is 0 Å². The number of hydrogen-bond acceptors (Lipinski definition) is 5. The van der Waals surface area contributed by atoms with Crippen LogP contribution in [0.4, 0.5) is 5.82 Å². The number of likely N-dealkylation sites (N-methyl/N-ethyl adjacent to an activating group) is 1. The molecule has 0 bridgehead atoms. The van der Waals surface area contributed by atoms with Gasteiger partial charge in [0, 0.05) is 25.0 Å². The second kappa shape index (κ2) is 12.0. The molecule has 1 saturated heterocycles. The molecular weight excluding hydrogens is 396 g/mol. The molecule has 4 heterocycles. The van der Waals surface area contributed by atoms with Crippen molar-refractivity contribution in [3.8, 4) is 6.07 Å². The van der Waals surface area contributed by atoms with Gasteiger partial charge in [0.15, 0.2) is 5.65 Å². The van der Waals surface area contributed by atoms with Gasteiger partial charge in [0.25, 0.3) is 0 Å². The molecule has 0 N–H and O–H groups in total. The van der Waals surface area contributed by atoms with Crippen molar-refractivity contribution in [3.63, 3.8) is 0 Å². The molecule has 0 saturated carbocycles. The van der Waals surface area contributed by atoms with Crippen molar-refractivity contribution in [2.45, 2.75) is 41.0 Å². The van der Waals surface area contributed by atoms with Crippen molar-refractivity contribution in [2.24, 2.45) is 0 Å². The summed E-state index contributed by atoms with van der Waals surface area (Å²) in [6.07, 6.45) is 6.81. The van der Waals surface area contributed by atoms with Gasteiger partial charge in [0.05, 0.1) is 17.0 Å². The zero-order valence-corrected chi connectivity index (χ0v) is 20.4. The number of imidazole rings is 1. The first-order valence-electron chi connectivity index (χ1n) is 11.6. The predicted octanol–water partition coefficient (Wildman–Crippen LogP) is 5.62. The molecule has 0 amide bonds. The van der Waals surface area contributed by atoms with E-state index >= 15 is 0 Å². The number of nitriles is 1. The highest BCUT2D eigenvalue weighted by molar-refractivity contribution is 5.86. The molecule has 6 nitrogen and oxygen atoms in total. The van der Waals surface area contributed by atoms with Crippen LogP contribution in [-0.2, 0) is 0 Å². The summed E-state index contributed by atoms with van der Waals surface area (Å²) in [4.78, 5) is 14.4. The van der Waals surface area contributed by atoms with Crippen molar-refractivity contribution in [1.29, 1.82) is 5.26 Å². The molecule has 1 aliphatic heterocycles. The van der Waals surface area contributed by atoms with E-state index in [2.05, 4.69) is 46.6 Å². The Morgan fingerprint density at radius 2 is 1.78 bits per heavy atom. The van der Waals surface area contributed by atoms with Gasteiger partial charge >= 0.3 is 0 Å². The Bertz CT molecular complexity index is 1120. The monoisotopic (exact) mass is 432 g/mol. The Kier molecular flexibility index (Phi) is 9.42. The summed E-state index contributed by atoms with van der Waals surface area (Å²) in [5.41, 5.74) is 3.63. The van der Waals surface area contributed by atoms with Crippen LogP contribution in [-0.4, -0.2) is 52.5 Å². The minimum absolute atomic E-state index is 0.539. The Labute approximate surface area is 192 Å². The Balaban J connectivity index is 0.000000860. The quantitative estimate of drug-likeness (QED) is 0.537. The van der Waals surface area contributed by atoms with E-state index in [9.17, 15) is 5.26 Å². The number of hydrogen-bond donors (Lipinski definition) is 0. The number of pyridine rings is 2. The maximum absolute atomic E-state index is 9.63. The lowest BCUT2D eigenvalue weighted by molar-refractivity contribution is 0.360. The third-order valence-corrected chi connectivity index (χ3v) is 5.27. The second-order valence-corrected chi connectivity index (χ2v) is 7.14. The molecule has 32 heavy (non-hydrogen) atoms. The molecule has 4 rings (SSSR count). The molecule has 0 aromatic carbocycles. The number of rotatable bonds is 3. The van der Waals surface area contributed by atoms with Crippen LogP contribution in [0, 0.1) is 11.3 Å². The number of anilines is 1. The fourth-order valence-corrected chi connectivity index (χ4v) is 3.81. The van der Waals surface area contributed by atoms with Crippen LogP contribution in [0.3, 0.4) is 0 Å². The van der Waals surface area contributed by atoms with Gasteiger partial charge in [-0.15, -0.1) is 0 Å². The molecule has 3 aromatic heterocycles. The fraction of sp³-hybridized carbons (Fsp3) is 0.423. The van der Waals surface area contributed by atoms with Gasteiger partial charge in [-0.25, -0.2) is 9.97 Å². The highest BCUT2D eigenvalue weighted by atomic mass is 15.2. The highest BCUT2D eigenvalue weighted by Crippen LogP contribution is 2.27. The van der Waals surface area contributed by atoms with Crippen LogP contribution in [0.25, 0.3) is 28.8 Å². The van der Waals surface area contributed by atoms with Crippen molar-refractivity contribution >= 4 is 34.7 Å². The summed E-state index contributed by atoms with van der Waals surface area (Å²) in [6, 6.07) is 8.26. The summed E-state index contributed by atoms with van der Waals surface area (Å²) < 4.78 is 1.98. The second-order valence-electron chi connectivity index (χ2n) is 7.14. The van der Waals surface area contributed by atoms with Crippen LogP contribution >= 0.6 is 0 Å². The molecule has 0 spiro atoms. The third kappa shape index (κ3) is 5.00. The average molecular weight is 433 g/mol. The van der Waals surface area contributed by atoms with Crippen LogP contribution in [0.5, 0.6) is 0 Å². The first kappa shape index (κ1) is 25.1. The van der Waals surface area contributed by atoms with Crippen molar-refractivity contribution < 1.29 is 0 Å². The molecular formula is C26H36N6. The summed E-state index contributed by atoms with van der Waals surface area (Å²) in [5.74, 6) is 0.967. The van der Waals surface area contributed by atoms with Crippen molar-refractivity contribution in [1.82, 2.24) is 19.3 Å². The topological polar surface area (TPSA) is 60.5 Å². The Morgan fingerprint density at radius 3 is 2.44 bits per heavy atom. The van der Waals surface area contributed by atoms with E-state index in [1.165, 1.54) is 0 Å². The minimum atomic E-state index is 0.539. The largest absolute Gasteiger partial charge is 0.355 e. The lowest BCUT2D eigenvalue weighted by Gasteiger charge is -2.22. The number of allylic oxidation sites excluding steroid dienone is 1. The molecule has 0 aliphatic carbocycles. The maximum Gasteiger partial charge on any atom is 0.157 e. The first-order valence-corrected chi connectivity index (χ1v) is 11.6. The van der Waals surface area contributed by atoms with Crippen LogP contribution in [0.2, 0.25) is 0 Å². The zero-order chi connectivity index (χ0) is 23.7. The van der Waals surface area contributed by atoms with E-state index in [0.29, 0.717) is 11.2 Å². The predicted molar refractivity (Wildman–Crippen MR) is 137 cm³/mol. The van der Waals surface area contributed by atoms with Gasteiger partial charge in [0.1, 0.15) is 17.5 Å². The molecule has 0 unspecified atom stereocenters. The number of nitrogens with zero attached hydrogens (tertiary/aromatic N) is 6. The van der Waals surface area contributed by atoms with Crippen molar-refractivity contribution in [2.75, 3.05) is 38.1 Å². The normalized spacial score (nSPS) is 14.3. The summed E-state index contributed by atoms with van der Waals surface area (Å²) in [7, 11) is 2.16. The van der Waals surface area contributed by atoms with Gasteiger partial charge in [-0.05, 0) is 57.3 Å². The van der Waals surface area contributed by atoms with E-state index in [0.717, 1.165) is 60.8 Å². The number of aromatic nitrogens is 3. The van der Waals surface area contributed by atoms with Crippen LogP contribution in [0.15, 0.2) is 30.9 Å². The minimum Gasteiger partial charge on any atom is -0.355 e. The molecule has 6 heteroatoms. The average Bonchev–Trinajstić information content (AvgIpc) is 3.07. The van der Waals surface area contributed by atoms with E-state index in [4.69, 9.17) is 4.98 Å². The lowest BCUT2D eigenvalue weighted by atomic mass is 10.2. The molecule has 3 aromatic rings. The van der Waals surface area contributed by atoms with Gasteiger partial charge in [-0.3, -0.25) is 4.40 Å². The zero-order valence-electron chi connectivity index (χ0n) is 20.4. The van der Waals surface area contributed by atoms with Crippen LogP contribution in [0.1, 0.15) is 58.0 Å². The van der Waals surface area contributed by atoms with E-state index in [1.54, 1.807) is 6.08 Å². The van der Waals surface area contributed by atoms with Gasteiger partial charge in [-0.1, -0.05) is 40.3 Å². The summed E-state index contributed by atoms with van der Waals surface area (Å²) in [5, 5.41) is 10.6. The SMILES string of the molecule is C=Cc1nc2c(C#N)cc3ccc(N4CCCN(C)CC4)nc3n2c1/C=C\C.CC.CC. The third-order valence-electron chi connectivity index (χ3n) is 5.27. The molecule has 1 aliphatic rings. The number of fused-ring (bicyclic) bond motifs is 3. The smallest absolute Gasteiger partial charge is 0.157 e. The van der Waals surface area contributed by atoms with Gasteiger partial charge in [-0.2, -0.15) is 5.26 Å². The Morgan fingerprint density at radius 1 is 1.03 bits per heavy atom. The van der Waals surface area contributed by atoms with E-state index in [1.807, 2.05) is 57.2 Å². The van der Waals surface area contributed by atoms with Crippen LogP contribution < -0.4 is 4.90 Å². The summed E-state index contributed by atoms with van der Waals surface area (Å²) in [6.45, 7) is 17.9. The standard InChI is InChI=1S/C22H24N6.2C2H6/c1-4-7-19-18(5-2)24-22-17(15-23)14-16-8-9-20(25-21(16)28(19)22)27-11-6-10-26(3)12-13-27;2*1-2/h4-5,7-9,14H,2,6,10-13H2,1,3H3;2*1-2H3/b7-4-;;. The molecule has 0 atom stereocenters. The van der Waals surface area contributed by atoms with E-state index in [-0.39, 0.29) is 0 Å². The maximum atomic E-state index is 9.63. The van der Waals surface area contributed by atoms with Gasteiger partial charge < -0.3 is 9.80 Å². The summed E-state index contributed by atoms with van der Waals surface area (Å²) >= 11 is 0. The van der Waals surface area contributed by atoms with E-state index < -0.39 is 0 Å². The lowest BCUT2D eigenvalue weighted by Crippen LogP contribution is -2.29.